The molecule has 0 radical (unpaired) electrons. The van der Waals surface area contributed by atoms with Gasteiger partial charge in [0.1, 0.15) is 5.82 Å². The van der Waals surface area contributed by atoms with Crippen LogP contribution in [0.15, 0.2) is 24.3 Å². The Kier molecular flexibility index (Phi) is 2.80. The van der Waals surface area contributed by atoms with Gasteiger partial charge in [0.25, 0.3) is 0 Å². The molecule has 1 atom stereocenters. The molecule has 1 rings (SSSR count). The first-order valence-corrected chi connectivity index (χ1v) is 3.69. The first-order valence-electron chi connectivity index (χ1n) is 3.69. The topological polar surface area (TPSA) is 29.1 Å². The van der Waals surface area contributed by atoms with Crippen LogP contribution in [0.25, 0.3) is 0 Å². The van der Waals surface area contributed by atoms with Crippen LogP contribution in [0.2, 0.25) is 0 Å². The molecule has 1 amide bonds. The van der Waals surface area contributed by atoms with E-state index >= 15 is 0 Å². The Labute approximate surface area is 70.4 Å². The Hall–Kier alpha value is -1.38. The highest BCUT2D eigenvalue weighted by Crippen LogP contribution is 2.12. The predicted molar refractivity (Wildman–Crippen MR) is 44.0 cm³/mol. The third-order valence-electron chi connectivity index (χ3n) is 1.67. The van der Waals surface area contributed by atoms with Crippen molar-refractivity contribution in [3.8, 4) is 0 Å². The maximum absolute atomic E-state index is 12.7. The van der Waals surface area contributed by atoms with E-state index in [0.717, 1.165) is 5.56 Å². The molecule has 0 aromatic heterocycles. The summed E-state index contributed by atoms with van der Waals surface area (Å²) in [6.07, 6.45) is 0.607. The maximum atomic E-state index is 12.7. The first kappa shape index (κ1) is 8.71. The van der Waals surface area contributed by atoms with Crippen LogP contribution in [0.1, 0.15) is 18.5 Å². The summed E-state index contributed by atoms with van der Waals surface area (Å²) < 4.78 is 12.7. The van der Waals surface area contributed by atoms with E-state index < -0.39 is 0 Å². The molecule has 1 N–H and O–H groups in total. The fourth-order valence-corrected chi connectivity index (χ4v) is 0.974. The van der Waals surface area contributed by atoms with Gasteiger partial charge in [-0.3, -0.25) is 4.79 Å². The van der Waals surface area contributed by atoms with Gasteiger partial charge in [-0.25, -0.2) is 4.39 Å². The lowest BCUT2D eigenvalue weighted by molar-refractivity contribution is -0.110. The minimum Gasteiger partial charge on any atom is -0.352 e. The lowest BCUT2D eigenvalue weighted by Crippen LogP contribution is -2.15. The van der Waals surface area contributed by atoms with Gasteiger partial charge < -0.3 is 5.32 Å². The van der Waals surface area contributed by atoms with E-state index in [1.807, 2.05) is 0 Å². The highest BCUT2D eigenvalue weighted by molar-refractivity contribution is 5.47. The quantitative estimate of drug-likeness (QED) is 0.681. The monoisotopic (exact) mass is 167 g/mol. The van der Waals surface area contributed by atoms with Crippen molar-refractivity contribution in [2.24, 2.45) is 0 Å². The fourth-order valence-electron chi connectivity index (χ4n) is 0.974. The summed E-state index contributed by atoms with van der Waals surface area (Å²) >= 11 is 0. The Morgan fingerprint density at radius 2 is 2.33 bits per heavy atom. The molecule has 0 aliphatic rings. The summed E-state index contributed by atoms with van der Waals surface area (Å²) in [6.45, 7) is 1.79. The van der Waals surface area contributed by atoms with E-state index in [4.69, 9.17) is 0 Å². The van der Waals surface area contributed by atoms with E-state index in [0.29, 0.717) is 6.41 Å². The van der Waals surface area contributed by atoms with Crippen molar-refractivity contribution < 1.29 is 9.18 Å². The standard InChI is InChI=1S/C9H10FNO/c1-7(11-6-12)8-3-2-4-9(10)5-8/h2-7H,1H3,(H,11,12). The normalized spacial score (nSPS) is 12.2. The summed E-state index contributed by atoms with van der Waals surface area (Å²) in [4.78, 5) is 10.1. The summed E-state index contributed by atoms with van der Waals surface area (Å²) in [5, 5.41) is 2.54. The van der Waals surface area contributed by atoms with E-state index in [2.05, 4.69) is 5.32 Å². The lowest BCUT2D eigenvalue weighted by Gasteiger charge is -2.09. The molecule has 1 aromatic rings. The molecule has 0 fully saturated rings. The molecule has 0 spiro atoms. The first-order chi connectivity index (χ1) is 5.74. The predicted octanol–water partition coefficient (Wildman–Crippen LogP) is 1.63. The third kappa shape index (κ3) is 2.05. The molecule has 0 saturated carbocycles. The highest BCUT2D eigenvalue weighted by Gasteiger charge is 2.03. The summed E-state index contributed by atoms with van der Waals surface area (Å²) in [5.74, 6) is -0.285. The van der Waals surface area contributed by atoms with Gasteiger partial charge in [-0.05, 0) is 24.6 Å². The molecular weight excluding hydrogens is 157 g/mol. The molecule has 0 bridgehead atoms. The molecule has 3 heteroatoms. The zero-order valence-electron chi connectivity index (χ0n) is 6.75. The number of nitrogens with one attached hydrogen (secondary N) is 1. The second-order valence-electron chi connectivity index (χ2n) is 2.56. The number of amides is 1. The van der Waals surface area contributed by atoms with Crippen molar-refractivity contribution in [1.29, 1.82) is 0 Å². The van der Waals surface area contributed by atoms with Crippen LogP contribution in [-0.4, -0.2) is 6.41 Å². The van der Waals surface area contributed by atoms with Gasteiger partial charge in [0.2, 0.25) is 6.41 Å². The van der Waals surface area contributed by atoms with Crippen molar-refractivity contribution in [3.63, 3.8) is 0 Å². The number of benzene rings is 1. The molecule has 2 nitrogen and oxygen atoms in total. The van der Waals surface area contributed by atoms with E-state index in [1.165, 1.54) is 12.1 Å². The van der Waals surface area contributed by atoms with E-state index in [9.17, 15) is 9.18 Å². The minimum absolute atomic E-state index is 0.141. The number of rotatable bonds is 3. The summed E-state index contributed by atoms with van der Waals surface area (Å²) in [6, 6.07) is 6.02. The zero-order chi connectivity index (χ0) is 8.97. The summed E-state index contributed by atoms with van der Waals surface area (Å²) in [5.41, 5.74) is 0.766. The minimum atomic E-state index is -0.285. The number of carbonyl (C=O) groups excluding carboxylic acids is 1. The van der Waals surface area contributed by atoms with Crippen molar-refractivity contribution in [1.82, 2.24) is 5.32 Å². The average Bonchev–Trinajstić information content (AvgIpc) is 2.05. The van der Waals surface area contributed by atoms with Crippen molar-refractivity contribution in [2.45, 2.75) is 13.0 Å². The van der Waals surface area contributed by atoms with Crippen molar-refractivity contribution in [2.75, 3.05) is 0 Å². The Bertz CT molecular complexity index is 275. The average molecular weight is 167 g/mol. The molecule has 64 valence electrons. The molecular formula is C9H10FNO. The molecule has 0 heterocycles. The van der Waals surface area contributed by atoms with Crippen LogP contribution in [0.4, 0.5) is 4.39 Å². The molecule has 12 heavy (non-hydrogen) atoms. The van der Waals surface area contributed by atoms with Crippen LogP contribution < -0.4 is 5.32 Å². The van der Waals surface area contributed by atoms with Gasteiger partial charge in [0.05, 0.1) is 6.04 Å². The number of hydrogen-bond acceptors (Lipinski definition) is 1. The van der Waals surface area contributed by atoms with Gasteiger partial charge in [-0.15, -0.1) is 0 Å². The van der Waals surface area contributed by atoms with Gasteiger partial charge in [0, 0.05) is 0 Å². The van der Waals surface area contributed by atoms with Gasteiger partial charge in [-0.1, -0.05) is 12.1 Å². The molecule has 0 aliphatic carbocycles. The van der Waals surface area contributed by atoms with Crippen LogP contribution in [0.3, 0.4) is 0 Å². The van der Waals surface area contributed by atoms with Gasteiger partial charge in [0.15, 0.2) is 0 Å². The van der Waals surface area contributed by atoms with Crippen molar-refractivity contribution >= 4 is 6.41 Å². The van der Waals surface area contributed by atoms with Crippen LogP contribution >= 0.6 is 0 Å². The number of hydrogen-bond donors (Lipinski definition) is 1. The smallest absolute Gasteiger partial charge is 0.207 e. The van der Waals surface area contributed by atoms with E-state index in [-0.39, 0.29) is 11.9 Å². The molecule has 0 saturated heterocycles. The lowest BCUT2D eigenvalue weighted by atomic mass is 10.1. The van der Waals surface area contributed by atoms with Gasteiger partial charge >= 0.3 is 0 Å². The maximum Gasteiger partial charge on any atom is 0.207 e. The Morgan fingerprint density at radius 3 is 2.92 bits per heavy atom. The Morgan fingerprint density at radius 1 is 1.58 bits per heavy atom. The second-order valence-corrected chi connectivity index (χ2v) is 2.56. The van der Waals surface area contributed by atoms with Crippen LogP contribution in [-0.2, 0) is 4.79 Å². The Balaban J connectivity index is 2.80. The zero-order valence-corrected chi connectivity index (χ0v) is 6.75. The fraction of sp³-hybridized carbons (Fsp3) is 0.222. The number of halogens is 1. The highest BCUT2D eigenvalue weighted by atomic mass is 19.1. The van der Waals surface area contributed by atoms with Crippen molar-refractivity contribution in [3.05, 3.63) is 35.6 Å². The van der Waals surface area contributed by atoms with Gasteiger partial charge in [-0.2, -0.15) is 0 Å². The second kappa shape index (κ2) is 3.85. The molecule has 0 aliphatic heterocycles. The number of carbonyl (C=O) groups is 1. The van der Waals surface area contributed by atoms with E-state index in [1.54, 1.807) is 19.1 Å². The molecule has 1 unspecified atom stereocenters. The van der Waals surface area contributed by atoms with Crippen LogP contribution in [0, 0.1) is 5.82 Å². The molecule has 1 aromatic carbocycles. The third-order valence-corrected chi connectivity index (χ3v) is 1.67. The summed E-state index contributed by atoms with van der Waals surface area (Å²) in [7, 11) is 0. The van der Waals surface area contributed by atoms with Crippen LogP contribution in [0.5, 0.6) is 0 Å². The largest absolute Gasteiger partial charge is 0.352 e. The SMILES string of the molecule is CC(NC=O)c1cccc(F)c1.